The number of rotatable bonds is 5. The van der Waals surface area contributed by atoms with Crippen LogP contribution < -0.4 is 9.47 Å². The molecule has 2 aromatic heterocycles. The summed E-state index contributed by atoms with van der Waals surface area (Å²) in [6.45, 7) is 3.55. The Bertz CT molecular complexity index is 1450. The first kappa shape index (κ1) is 26.7. The van der Waals surface area contributed by atoms with Gasteiger partial charge in [-0.05, 0) is 61.4 Å². The monoisotopic (exact) mass is 519 g/mol. The molecule has 0 aliphatic heterocycles. The van der Waals surface area contributed by atoms with Gasteiger partial charge in [0.15, 0.2) is 6.29 Å². The van der Waals surface area contributed by atoms with E-state index in [-0.39, 0.29) is 0 Å². The Balaban J connectivity index is 0.000000201. The maximum absolute atomic E-state index is 11.0. The molecule has 2 heterocycles. The number of halogens is 2. The second kappa shape index (κ2) is 12.2. The van der Waals surface area contributed by atoms with Crippen LogP contribution in [0.25, 0.3) is 22.3 Å². The fourth-order valence-electron chi connectivity index (χ4n) is 3.45. The summed E-state index contributed by atoms with van der Waals surface area (Å²) in [5.74, 6) is 0.981. The van der Waals surface area contributed by atoms with E-state index < -0.39 is 0 Å². The number of carbonyl (C=O) groups excluding carboxylic acids is 1. The Morgan fingerprint density at radius 2 is 1.31 bits per heavy atom. The maximum Gasteiger partial charge on any atom is 0.221 e. The average molecular weight is 520 g/mol. The molecule has 0 amide bonds. The highest BCUT2D eigenvalue weighted by atomic mass is 35.5. The highest BCUT2D eigenvalue weighted by molar-refractivity contribution is 6.31. The number of aryl methyl sites for hydroxylation is 2. The first-order valence-corrected chi connectivity index (χ1v) is 11.5. The number of methoxy groups -OCH3 is 2. The van der Waals surface area contributed by atoms with Crippen LogP contribution in [0, 0.1) is 25.2 Å². The number of pyridine rings is 2. The van der Waals surface area contributed by atoms with Crippen LogP contribution in [0.4, 0.5) is 0 Å². The Kier molecular flexibility index (Phi) is 9.02. The zero-order valence-corrected chi connectivity index (χ0v) is 21.7. The minimum Gasteiger partial charge on any atom is -0.481 e. The second-order valence-corrected chi connectivity index (χ2v) is 8.52. The molecule has 0 unspecified atom stereocenters. The summed E-state index contributed by atoms with van der Waals surface area (Å²) in [7, 11) is 3.11. The highest BCUT2D eigenvalue weighted by Gasteiger charge is 2.13. The van der Waals surface area contributed by atoms with E-state index in [9.17, 15) is 4.79 Å². The Morgan fingerprint density at radius 1 is 0.806 bits per heavy atom. The van der Waals surface area contributed by atoms with Crippen molar-refractivity contribution < 1.29 is 14.3 Å². The number of nitriles is 1. The van der Waals surface area contributed by atoms with Crippen LogP contribution in [-0.4, -0.2) is 30.5 Å². The molecule has 0 bridgehead atoms. The van der Waals surface area contributed by atoms with Crippen molar-refractivity contribution in [3.63, 3.8) is 0 Å². The van der Waals surface area contributed by atoms with Gasteiger partial charge in [0.1, 0.15) is 6.07 Å². The first-order valence-electron chi connectivity index (χ1n) is 10.8. The molecule has 0 aliphatic carbocycles. The number of aromatic nitrogens is 2. The number of hydrogen-bond acceptors (Lipinski definition) is 6. The molecule has 0 N–H and O–H groups in total. The third-order valence-corrected chi connectivity index (χ3v) is 5.77. The quantitative estimate of drug-likeness (QED) is 0.261. The zero-order chi connectivity index (χ0) is 26.2. The van der Waals surface area contributed by atoms with Gasteiger partial charge in [0.2, 0.25) is 11.8 Å². The molecule has 0 aliphatic rings. The molecule has 6 nitrogen and oxygen atoms in total. The van der Waals surface area contributed by atoms with Gasteiger partial charge in [-0.2, -0.15) is 5.26 Å². The number of benzene rings is 2. The molecule has 0 radical (unpaired) electrons. The van der Waals surface area contributed by atoms with Gasteiger partial charge in [-0.1, -0.05) is 47.5 Å². The molecular weight excluding hydrogens is 497 g/mol. The highest BCUT2D eigenvalue weighted by Crippen LogP contribution is 2.32. The number of carbonyl (C=O) groups is 1. The van der Waals surface area contributed by atoms with Crippen LogP contribution in [0.15, 0.2) is 60.7 Å². The van der Waals surface area contributed by atoms with Crippen LogP contribution in [-0.2, 0) is 0 Å². The van der Waals surface area contributed by atoms with Crippen LogP contribution in [0.1, 0.15) is 27.3 Å². The van der Waals surface area contributed by atoms with E-state index in [0.717, 1.165) is 28.5 Å². The third kappa shape index (κ3) is 6.19. The summed E-state index contributed by atoms with van der Waals surface area (Å²) in [5, 5.41) is 10.3. The topological polar surface area (TPSA) is 85.1 Å². The van der Waals surface area contributed by atoms with Crippen LogP contribution in [0.3, 0.4) is 0 Å². The van der Waals surface area contributed by atoms with E-state index in [1.54, 1.807) is 52.3 Å². The number of aldehydes is 1. The molecular formula is C28H23Cl2N3O3. The smallest absolute Gasteiger partial charge is 0.221 e. The molecule has 2 aromatic carbocycles. The van der Waals surface area contributed by atoms with Gasteiger partial charge < -0.3 is 9.47 Å². The number of ether oxygens (including phenoxy) is 2. The molecule has 4 rings (SSSR count). The van der Waals surface area contributed by atoms with E-state index in [4.69, 9.17) is 37.9 Å². The maximum atomic E-state index is 11.0. The average Bonchev–Trinajstić information content (AvgIpc) is 2.88. The molecule has 36 heavy (non-hydrogen) atoms. The minimum atomic E-state index is 0.486. The fourth-order valence-corrected chi connectivity index (χ4v) is 3.83. The van der Waals surface area contributed by atoms with Crippen molar-refractivity contribution in [2.24, 2.45) is 0 Å². The van der Waals surface area contributed by atoms with E-state index >= 15 is 0 Å². The normalized spacial score (nSPS) is 10.0. The molecule has 0 fully saturated rings. The lowest BCUT2D eigenvalue weighted by Crippen LogP contribution is -1.98. The predicted octanol–water partition coefficient (Wildman–Crippen LogP) is 7.12. The number of nitrogens with zero attached hydrogens (tertiary/aromatic N) is 3. The lowest BCUT2D eigenvalue weighted by molar-refractivity contribution is 0.112. The van der Waals surface area contributed by atoms with Gasteiger partial charge in [0, 0.05) is 26.7 Å². The van der Waals surface area contributed by atoms with Crippen molar-refractivity contribution in [3.05, 3.63) is 93.2 Å². The van der Waals surface area contributed by atoms with E-state index in [1.165, 1.54) is 0 Å². The van der Waals surface area contributed by atoms with Crippen molar-refractivity contribution in [2.75, 3.05) is 14.2 Å². The molecule has 0 saturated carbocycles. The summed E-state index contributed by atoms with van der Waals surface area (Å²) in [6.07, 6.45) is 0.788. The SMILES string of the molecule is COc1nc(C)c(C#N)cc1-c1cccc(Cl)c1.COc1nc(C)c(C=O)cc1-c1cccc(Cl)c1. The van der Waals surface area contributed by atoms with Crippen LogP contribution in [0.5, 0.6) is 11.8 Å². The lowest BCUT2D eigenvalue weighted by Gasteiger charge is -2.10. The van der Waals surface area contributed by atoms with Gasteiger partial charge in [0.05, 0.1) is 31.2 Å². The largest absolute Gasteiger partial charge is 0.481 e. The molecule has 0 saturated heterocycles. The van der Waals surface area contributed by atoms with Crippen molar-refractivity contribution >= 4 is 29.5 Å². The standard InChI is InChI=1S/C14H11ClN2O.C14H12ClNO2/c1-9-11(8-16)7-13(14(17-9)18-2)10-4-3-5-12(15)6-10;1-9-11(8-17)7-13(14(16-9)18-2)10-4-3-5-12(15)6-10/h3-7H,1-2H3;3-8H,1-2H3. The van der Waals surface area contributed by atoms with E-state index in [2.05, 4.69) is 16.0 Å². The van der Waals surface area contributed by atoms with E-state index in [0.29, 0.717) is 44.3 Å². The Morgan fingerprint density at radius 3 is 1.75 bits per heavy atom. The summed E-state index contributed by atoms with van der Waals surface area (Å²) >= 11 is 11.9. The Labute approximate surface area is 220 Å². The van der Waals surface area contributed by atoms with Crippen LogP contribution >= 0.6 is 23.2 Å². The van der Waals surface area contributed by atoms with Crippen molar-refractivity contribution in [1.29, 1.82) is 5.26 Å². The minimum absolute atomic E-state index is 0.486. The molecule has 182 valence electrons. The second-order valence-electron chi connectivity index (χ2n) is 7.65. The molecule has 4 aromatic rings. The predicted molar refractivity (Wildman–Crippen MR) is 142 cm³/mol. The summed E-state index contributed by atoms with van der Waals surface area (Å²) in [4.78, 5) is 19.5. The van der Waals surface area contributed by atoms with Gasteiger partial charge >= 0.3 is 0 Å². The van der Waals surface area contributed by atoms with Gasteiger partial charge in [-0.3, -0.25) is 4.79 Å². The van der Waals surface area contributed by atoms with Crippen molar-refractivity contribution in [1.82, 2.24) is 9.97 Å². The lowest BCUT2D eigenvalue weighted by atomic mass is 10.0. The summed E-state index contributed by atoms with van der Waals surface area (Å²) < 4.78 is 10.5. The van der Waals surface area contributed by atoms with Gasteiger partial charge in [-0.15, -0.1) is 0 Å². The zero-order valence-electron chi connectivity index (χ0n) is 20.2. The van der Waals surface area contributed by atoms with Gasteiger partial charge in [-0.25, -0.2) is 9.97 Å². The van der Waals surface area contributed by atoms with Crippen molar-refractivity contribution in [2.45, 2.75) is 13.8 Å². The number of hydrogen-bond donors (Lipinski definition) is 0. The molecule has 0 spiro atoms. The third-order valence-electron chi connectivity index (χ3n) is 5.30. The summed E-state index contributed by atoms with van der Waals surface area (Å²) in [6, 6.07) is 20.4. The first-order chi connectivity index (χ1) is 17.3. The Hall–Kier alpha value is -3.92. The molecule has 0 atom stereocenters. The van der Waals surface area contributed by atoms with Gasteiger partial charge in [0.25, 0.3) is 0 Å². The fraction of sp³-hybridized carbons (Fsp3) is 0.143. The molecule has 8 heteroatoms. The summed E-state index contributed by atoms with van der Waals surface area (Å²) in [5.41, 5.74) is 5.65. The van der Waals surface area contributed by atoms with Crippen molar-refractivity contribution in [3.8, 4) is 40.1 Å². The van der Waals surface area contributed by atoms with E-state index in [1.807, 2.05) is 36.4 Å². The van der Waals surface area contributed by atoms with Crippen LogP contribution in [0.2, 0.25) is 10.0 Å².